The van der Waals surface area contributed by atoms with E-state index in [-0.39, 0.29) is 8.55 Å². The van der Waals surface area contributed by atoms with Crippen LogP contribution >= 0.6 is 30.1 Å². The number of benzene rings is 2. The molecule has 0 amide bonds. The molecule has 110 valence electrons. The fourth-order valence-corrected chi connectivity index (χ4v) is 8.23. The first-order valence-corrected chi connectivity index (χ1v) is 10.8. The maximum Gasteiger partial charge on any atom is 0.177 e. The third-order valence-corrected chi connectivity index (χ3v) is 9.30. The van der Waals surface area contributed by atoms with Crippen LogP contribution < -0.4 is 5.32 Å². The van der Waals surface area contributed by atoms with Crippen LogP contribution in [0.25, 0.3) is 4.91 Å². The summed E-state index contributed by atoms with van der Waals surface area (Å²) in [7, 11) is 3.85. The van der Waals surface area contributed by atoms with Crippen molar-refractivity contribution in [1.82, 2.24) is 5.32 Å². The molecule has 0 radical (unpaired) electrons. The molecule has 22 heavy (non-hydrogen) atoms. The van der Waals surface area contributed by atoms with E-state index in [0.717, 1.165) is 10.9 Å². The maximum atomic E-state index is 4.66. The van der Waals surface area contributed by atoms with Gasteiger partial charge in [-0.3, -0.25) is 0 Å². The third kappa shape index (κ3) is 2.89. The van der Waals surface area contributed by atoms with Crippen LogP contribution in [0.2, 0.25) is 0 Å². The number of nitrogens with zero attached hydrogens (tertiary/aromatic N) is 1. The highest BCUT2D eigenvalue weighted by Gasteiger charge is 2.26. The van der Waals surface area contributed by atoms with Gasteiger partial charge in [0.05, 0.1) is 10.7 Å². The summed E-state index contributed by atoms with van der Waals surface area (Å²) in [6.07, 6.45) is 2.26. The van der Waals surface area contributed by atoms with Crippen molar-refractivity contribution in [3.05, 3.63) is 71.8 Å². The summed E-state index contributed by atoms with van der Waals surface area (Å²) in [6, 6.07) is 18.8. The van der Waals surface area contributed by atoms with Crippen LogP contribution in [0.5, 0.6) is 0 Å². The van der Waals surface area contributed by atoms with Crippen molar-refractivity contribution in [2.24, 2.45) is 4.99 Å². The van der Waals surface area contributed by atoms with Crippen LogP contribution in [-0.2, 0) is 0 Å². The maximum absolute atomic E-state index is 4.66. The van der Waals surface area contributed by atoms with Gasteiger partial charge in [-0.05, 0) is 50.0 Å². The quantitative estimate of drug-likeness (QED) is 0.589. The Morgan fingerprint density at radius 3 is 2.45 bits per heavy atom. The highest BCUT2D eigenvalue weighted by molar-refractivity contribution is 9.20. The molecule has 2 aliphatic rings. The van der Waals surface area contributed by atoms with Crippen LogP contribution in [0.3, 0.4) is 0 Å². The Balaban J connectivity index is 1.52. The van der Waals surface area contributed by atoms with E-state index < -0.39 is 0 Å². The van der Waals surface area contributed by atoms with Gasteiger partial charge in [-0.2, -0.15) is 0 Å². The van der Waals surface area contributed by atoms with Crippen molar-refractivity contribution >= 4 is 50.9 Å². The molecule has 1 unspecified atom stereocenters. The third-order valence-electron chi connectivity index (χ3n) is 3.31. The second kappa shape index (κ2) is 5.99. The van der Waals surface area contributed by atoms with E-state index in [0.29, 0.717) is 0 Å². The normalized spacial score (nSPS) is 21.7. The van der Waals surface area contributed by atoms with Gasteiger partial charge in [0.25, 0.3) is 0 Å². The summed E-state index contributed by atoms with van der Waals surface area (Å²) >= 11 is 0. The molecule has 0 fully saturated rings. The van der Waals surface area contributed by atoms with Crippen molar-refractivity contribution in [3.63, 3.8) is 0 Å². The molecule has 1 atom stereocenters. The first-order chi connectivity index (χ1) is 10.8. The van der Waals surface area contributed by atoms with Crippen molar-refractivity contribution in [2.75, 3.05) is 0 Å². The number of para-hydroxylation sites is 1. The lowest BCUT2D eigenvalue weighted by Gasteiger charge is -2.05. The zero-order valence-corrected chi connectivity index (χ0v) is 14.4. The minimum absolute atomic E-state index is 0.108. The molecular weight excluding hydrogens is 328 g/mol. The monoisotopic (exact) mass is 342 g/mol. The molecule has 0 spiro atoms. The predicted molar refractivity (Wildman–Crippen MR) is 104 cm³/mol. The minimum atomic E-state index is 0.108. The molecule has 0 saturated heterocycles. The Morgan fingerprint density at radius 1 is 0.955 bits per heavy atom. The van der Waals surface area contributed by atoms with Crippen LogP contribution in [0.15, 0.2) is 65.7 Å². The van der Waals surface area contributed by atoms with E-state index in [2.05, 4.69) is 47.6 Å². The van der Waals surface area contributed by atoms with E-state index in [1.54, 1.807) is 0 Å². The zero-order valence-electron chi connectivity index (χ0n) is 11.9. The number of hydrogen-bond acceptors (Lipinski definition) is 3. The lowest BCUT2D eigenvalue weighted by molar-refractivity contribution is 1.41. The topological polar surface area (TPSA) is 24.4 Å². The lowest BCUT2D eigenvalue weighted by atomic mass is 10.1. The van der Waals surface area contributed by atoms with Gasteiger partial charge >= 0.3 is 0 Å². The van der Waals surface area contributed by atoms with Gasteiger partial charge in [0.1, 0.15) is 0 Å². The second-order valence-electron chi connectivity index (χ2n) is 5.02. The highest BCUT2D eigenvalue weighted by atomic mass is 33.5. The highest BCUT2D eigenvalue weighted by Crippen LogP contribution is 2.58. The van der Waals surface area contributed by atoms with Crippen LogP contribution in [0.1, 0.15) is 11.1 Å². The summed E-state index contributed by atoms with van der Waals surface area (Å²) in [5.74, 6) is 0. The molecule has 2 heterocycles. The van der Waals surface area contributed by atoms with Gasteiger partial charge in [0.2, 0.25) is 0 Å². The van der Waals surface area contributed by atoms with E-state index in [4.69, 9.17) is 0 Å². The molecule has 2 aromatic carbocycles. The molecule has 4 rings (SSSR count). The molecule has 0 saturated carbocycles. The van der Waals surface area contributed by atoms with Crippen molar-refractivity contribution < 1.29 is 0 Å². The number of nitrogens with one attached hydrogen (secondary N) is 1. The SMILES string of the molecule is Cc1ccc(C2=CC3=S(S2)SC(=Nc2ccccc2)N3)cc1. The van der Waals surface area contributed by atoms with Gasteiger partial charge in [-0.25, -0.2) is 4.99 Å². The van der Waals surface area contributed by atoms with Gasteiger partial charge in [-0.15, -0.1) is 0 Å². The zero-order chi connectivity index (χ0) is 14.9. The molecule has 2 nitrogen and oxygen atoms in total. The number of rotatable bonds is 2. The Morgan fingerprint density at radius 2 is 1.73 bits per heavy atom. The number of amidine groups is 1. The summed E-state index contributed by atoms with van der Waals surface area (Å²) in [6.45, 7) is 2.12. The Hall–Kier alpha value is -1.43. The Kier molecular flexibility index (Phi) is 3.86. The fraction of sp³-hybridized carbons (Fsp3) is 0.0588. The van der Waals surface area contributed by atoms with E-state index in [1.165, 1.54) is 21.0 Å². The first kappa shape index (κ1) is 14.2. The van der Waals surface area contributed by atoms with Crippen molar-refractivity contribution in [2.45, 2.75) is 6.92 Å². The average Bonchev–Trinajstić information content (AvgIpc) is 3.07. The van der Waals surface area contributed by atoms with Crippen LogP contribution in [0, 0.1) is 6.92 Å². The van der Waals surface area contributed by atoms with E-state index in [9.17, 15) is 0 Å². The largest absolute Gasteiger partial charge is 0.328 e. The minimum Gasteiger partial charge on any atom is -0.328 e. The van der Waals surface area contributed by atoms with Crippen LogP contribution in [0.4, 0.5) is 5.69 Å². The van der Waals surface area contributed by atoms with E-state index in [1.807, 2.05) is 51.9 Å². The number of aryl methyl sites for hydroxylation is 1. The second-order valence-corrected chi connectivity index (χ2v) is 10.7. The standard InChI is InChI=1S/C17H14N2S3/c1-12-7-9-13(10-8-12)15-11-16-19-17(21-22(16)20-15)18-14-5-3-2-4-6-14/h2-11H,1H3,(H,18,19). The molecule has 1 N–H and O–H groups in total. The average molecular weight is 343 g/mol. The summed E-state index contributed by atoms with van der Waals surface area (Å²) in [5, 5.41) is 4.45. The van der Waals surface area contributed by atoms with Gasteiger partial charge in [0.15, 0.2) is 5.17 Å². The fourth-order valence-electron chi connectivity index (χ4n) is 2.17. The van der Waals surface area contributed by atoms with Gasteiger partial charge in [0, 0.05) is 4.91 Å². The molecule has 0 aromatic heterocycles. The molecule has 2 aliphatic heterocycles. The number of aliphatic imine (C=N–C) groups is 1. The summed E-state index contributed by atoms with van der Waals surface area (Å²) in [4.78, 5) is 7.28. The molecule has 5 heteroatoms. The first-order valence-electron chi connectivity index (χ1n) is 6.95. The summed E-state index contributed by atoms with van der Waals surface area (Å²) in [5.41, 5.74) is 3.59. The smallest absolute Gasteiger partial charge is 0.177 e. The predicted octanol–water partition coefficient (Wildman–Crippen LogP) is 5.34. The molecular formula is C17H14N2S3. The molecule has 0 aliphatic carbocycles. The van der Waals surface area contributed by atoms with Gasteiger partial charge < -0.3 is 5.32 Å². The Labute approximate surface area is 139 Å². The van der Waals surface area contributed by atoms with Crippen molar-refractivity contribution in [1.29, 1.82) is 0 Å². The Bertz CT molecular complexity index is 806. The molecule has 2 aromatic rings. The lowest BCUT2D eigenvalue weighted by Crippen LogP contribution is -2.20. The van der Waals surface area contributed by atoms with Gasteiger partial charge in [-0.1, -0.05) is 58.8 Å². The summed E-state index contributed by atoms with van der Waals surface area (Å²) < 4.78 is 0. The number of hydrogen-bond donors (Lipinski definition) is 1. The van der Waals surface area contributed by atoms with Crippen molar-refractivity contribution in [3.8, 4) is 0 Å². The molecule has 0 bridgehead atoms. The van der Waals surface area contributed by atoms with Crippen LogP contribution in [-0.4, -0.2) is 10.2 Å². The van der Waals surface area contributed by atoms with E-state index >= 15 is 0 Å².